The van der Waals surface area contributed by atoms with E-state index in [0.717, 1.165) is 5.56 Å². The molecule has 1 heterocycles. The highest BCUT2D eigenvalue weighted by molar-refractivity contribution is 5.83. The second-order valence-corrected chi connectivity index (χ2v) is 3.38. The fourth-order valence-corrected chi connectivity index (χ4v) is 1.19. The van der Waals surface area contributed by atoms with Crippen LogP contribution in [0.15, 0.2) is 12.4 Å². The predicted molar refractivity (Wildman–Crippen MR) is 60.5 cm³/mol. The van der Waals surface area contributed by atoms with E-state index in [1.54, 1.807) is 0 Å². The van der Waals surface area contributed by atoms with Crippen LogP contribution in [0.2, 0.25) is 0 Å². The summed E-state index contributed by atoms with van der Waals surface area (Å²) >= 11 is 0. The van der Waals surface area contributed by atoms with Crippen molar-refractivity contribution in [2.24, 2.45) is 17.2 Å². The summed E-state index contributed by atoms with van der Waals surface area (Å²) in [4.78, 5) is 30.9. The van der Waals surface area contributed by atoms with Gasteiger partial charge >= 0.3 is 0 Å². The van der Waals surface area contributed by atoms with Crippen molar-refractivity contribution in [3.05, 3.63) is 18.0 Å². The molecule has 0 unspecified atom stereocenters. The zero-order valence-electron chi connectivity index (χ0n) is 9.17. The number of hydrogen-bond acceptors (Lipinski definition) is 6. The van der Waals surface area contributed by atoms with Crippen LogP contribution in [0.3, 0.4) is 0 Å². The van der Waals surface area contributed by atoms with E-state index in [0.29, 0.717) is 6.54 Å². The maximum Gasteiger partial charge on any atom is 0.237 e. The van der Waals surface area contributed by atoms with Crippen molar-refractivity contribution in [3.63, 3.8) is 0 Å². The van der Waals surface area contributed by atoms with E-state index in [9.17, 15) is 9.59 Å². The lowest BCUT2D eigenvalue weighted by molar-refractivity contribution is -0.117. The maximum absolute atomic E-state index is 10.8. The van der Waals surface area contributed by atoms with Crippen LogP contribution in [0.25, 0.3) is 0 Å². The summed E-state index contributed by atoms with van der Waals surface area (Å²) in [6, 6.07) is 0. The van der Waals surface area contributed by atoms with E-state index >= 15 is 0 Å². The Labute approximate surface area is 97.8 Å². The molecule has 0 saturated carbocycles. The van der Waals surface area contributed by atoms with E-state index in [2.05, 4.69) is 9.97 Å². The molecule has 0 saturated heterocycles. The molecule has 8 heteroatoms. The molecule has 1 aromatic heterocycles. The summed E-state index contributed by atoms with van der Waals surface area (Å²) < 4.78 is 0. The van der Waals surface area contributed by atoms with Crippen LogP contribution < -0.4 is 22.1 Å². The van der Waals surface area contributed by atoms with Crippen LogP contribution in [-0.2, 0) is 16.1 Å². The van der Waals surface area contributed by atoms with Gasteiger partial charge in [0, 0.05) is 24.5 Å². The lowest BCUT2D eigenvalue weighted by Crippen LogP contribution is -2.40. The Kier molecular flexibility index (Phi) is 4.35. The van der Waals surface area contributed by atoms with Crippen LogP contribution in [0.4, 0.5) is 5.95 Å². The monoisotopic (exact) mass is 238 g/mol. The second-order valence-electron chi connectivity index (χ2n) is 3.38. The molecule has 8 nitrogen and oxygen atoms in total. The minimum atomic E-state index is -0.599. The number of aromatic nitrogens is 2. The minimum Gasteiger partial charge on any atom is -0.368 e. The number of hydrogen-bond donors (Lipinski definition) is 3. The maximum atomic E-state index is 10.8. The smallest absolute Gasteiger partial charge is 0.237 e. The highest BCUT2D eigenvalue weighted by Crippen LogP contribution is 2.06. The van der Waals surface area contributed by atoms with Crippen molar-refractivity contribution in [2.45, 2.75) is 6.54 Å². The Morgan fingerprint density at radius 1 is 1.12 bits per heavy atom. The third-order valence-electron chi connectivity index (χ3n) is 1.90. The first-order valence-corrected chi connectivity index (χ1v) is 4.85. The average Bonchev–Trinajstić information content (AvgIpc) is 2.27. The van der Waals surface area contributed by atoms with Crippen molar-refractivity contribution >= 4 is 17.8 Å². The molecule has 1 aromatic rings. The predicted octanol–water partition coefficient (Wildman–Crippen LogP) is -2.29. The largest absolute Gasteiger partial charge is 0.368 e. The Hall–Kier alpha value is -2.22. The van der Waals surface area contributed by atoms with Gasteiger partial charge in [-0.05, 0) is 0 Å². The zero-order valence-corrected chi connectivity index (χ0v) is 9.17. The Morgan fingerprint density at radius 3 is 1.94 bits per heavy atom. The number of carbonyl (C=O) groups is 2. The van der Waals surface area contributed by atoms with Gasteiger partial charge in [0.05, 0.1) is 0 Å². The topological polar surface area (TPSA) is 141 Å². The fourth-order valence-electron chi connectivity index (χ4n) is 1.19. The van der Waals surface area contributed by atoms with Gasteiger partial charge in [0.1, 0.15) is 13.1 Å². The highest BCUT2D eigenvalue weighted by atomic mass is 16.2. The summed E-state index contributed by atoms with van der Waals surface area (Å²) in [5, 5.41) is 0. The minimum absolute atomic E-state index is 0.176. The van der Waals surface area contributed by atoms with Gasteiger partial charge < -0.3 is 22.1 Å². The third-order valence-corrected chi connectivity index (χ3v) is 1.90. The van der Waals surface area contributed by atoms with Crippen molar-refractivity contribution in [1.29, 1.82) is 0 Å². The van der Waals surface area contributed by atoms with Crippen molar-refractivity contribution in [3.8, 4) is 0 Å². The van der Waals surface area contributed by atoms with E-state index in [1.807, 2.05) is 0 Å². The number of carbonyl (C=O) groups excluding carboxylic acids is 2. The van der Waals surface area contributed by atoms with Crippen molar-refractivity contribution in [1.82, 2.24) is 9.97 Å². The van der Waals surface area contributed by atoms with Crippen LogP contribution in [0.5, 0.6) is 0 Å². The number of amides is 2. The first kappa shape index (κ1) is 12.8. The van der Waals surface area contributed by atoms with E-state index in [1.165, 1.54) is 17.3 Å². The first-order valence-electron chi connectivity index (χ1n) is 4.85. The van der Waals surface area contributed by atoms with Crippen molar-refractivity contribution in [2.75, 3.05) is 18.0 Å². The SMILES string of the molecule is NCc1cnc(N(CC(N)=O)CC(N)=O)nc1. The summed E-state index contributed by atoms with van der Waals surface area (Å²) in [6.45, 7) is -0.0399. The second kappa shape index (κ2) is 5.75. The Bertz CT molecular complexity index is 388. The summed E-state index contributed by atoms with van der Waals surface area (Å²) in [5.41, 5.74) is 16.2. The molecule has 1 rings (SSSR count). The number of primary amides is 2. The quantitative estimate of drug-likeness (QED) is 0.509. The molecule has 0 aliphatic carbocycles. The van der Waals surface area contributed by atoms with E-state index in [-0.39, 0.29) is 19.0 Å². The number of nitrogens with zero attached hydrogens (tertiary/aromatic N) is 3. The lowest BCUT2D eigenvalue weighted by atomic mass is 10.3. The molecule has 0 aliphatic heterocycles. The third kappa shape index (κ3) is 4.03. The highest BCUT2D eigenvalue weighted by Gasteiger charge is 2.14. The number of rotatable bonds is 6. The molecule has 0 bridgehead atoms. The molecule has 2 amide bonds. The summed E-state index contributed by atoms with van der Waals surface area (Å²) in [7, 11) is 0. The molecule has 92 valence electrons. The first-order chi connectivity index (χ1) is 8.02. The molecule has 0 aliphatic rings. The molecule has 0 fully saturated rings. The van der Waals surface area contributed by atoms with Crippen molar-refractivity contribution < 1.29 is 9.59 Å². The van der Waals surface area contributed by atoms with Gasteiger partial charge in [-0.15, -0.1) is 0 Å². The molecule has 0 radical (unpaired) electrons. The molecule has 0 spiro atoms. The van der Waals surface area contributed by atoms with E-state index in [4.69, 9.17) is 17.2 Å². The summed E-state index contributed by atoms with van der Waals surface area (Å²) in [5.74, 6) is -0.990. The zero-order chi connectivity index (χ0) is 12.8. The normalized spacial score (nSPS) is 9.94. The number of nitrogens with two attached hydrogens (primary N) is 3. The van der Waals surface area contributed by atoms with Gasteiger partial charge in [-0.1, -0.05) is 0 Å². The average molecular weight is 238 g/mol. The molecule has 0 aromatic carbocycles. The standard InChI is InChI=1S/C9H14N6O2/c10-1-6-2-13-9(14-3-6)15(4-7(11)16)5-8(12)17/h2-3H,1,4-5,10H2,(H2,11,16)(H2,12,17). The van der Waals surface area contributed by atoms with Gasteiger partial charge in [0.15, 0.2) is 0 Å². The van der Waals surface area contributed by atoms with Crippen LogP contribution in [-0.4, -0.2) is 34.9 Å². The summed E-state index contributed by atoms with van der Waals surface area (Å²) in [6.07, 6.45) is 3.02. The van der Waals surface area contributed by atoms with Gasteiger partial charge in [-0.2, -0.15) is 0 Å². The molecule has 6 N–H and O–H groups in total. The van der Waals surface area contributed by atoms with Gasteiger partial charge in [-0.3, -0.25) is 9.59 Å². The Balaban J connectivity index is 2.86. The number of anilines is 1. The van der Waals surface area contributed by atoms with Gasteiger partial charge in [0.25, 0.3) is 0 Å². The molecule has 0 atom stereocenters. The lowest BCUT2D eigenvalue weighted by Gasteiger charge is -2.18. The van der Waals surface area contributed by atoms with Crippen LogP contribution >= 0.6 is 0 Å². The van der Waals surface area contributed by atoms with Gasteiger partial charge in [0.2, 0.25) is 17.8 Å². The molecular formula is C9H14N6O2. The Morgan fingerprint density at radius 2 is 1.59 bits per heavy atom. The molecule has 17 heavy (non-hydrogen) atoms. The molecular weight excluding hydrogens is 224 g/mol. The van der Waals surface area contributed by atoms with Crippen LogP contribution in [0.1, 0.15) is 5.56 Å². The fraction of sp³-hybridized carbons (Fsp3) is 0.333. The van der Waals surface area contributed by atoms with Gasteiger partial charge in [-0.25, -0.2) is 9.97 Å². The van der Waals surface area contributed by atoms with E-state index < -0.39 is 11.8 Å². The van der Waals surface area contributed by atoms with Crippen LogP contribution in [0, 0.1) is 0 Å².